The second kappa shape index (κ2) is 8.20. The number of ether oxygens (including phenoxy) is 1. The van der Waals surface area contributed by atoms with Gasteiger partial charge in [0, 0.05) is 22.6 Å². The molecule has 0 spiro atoms. The van der Waals surface area contributed by atoms with E-state index in [-0.39, 0.29) is 22.8 Å². The fourth-order valence-corrected chi connectivity index (χ4v) is 2.83. The summed E-state index contributed by atoms with van der Waals surface area (Å²) in [6.45, 7) is 0. The summed E-state index contributed by atoms with van der Waals surface area (Å²) in [5.41, 5.74) is 0.558. The molecule has 0 aliphatic carbocycles. The molecule has 0 bridgehead atoms. The summed E-state index contributed by atoms with van der Waals surface area (Å²) in [5.74, 6) is -0.518. The molecule has 0 saturated heterocycles. The number of hydrogen-bond acceptors (Lipinski definition) is 6. The van der Waals surface area contributed by atoms with Gasteiger partial charge in [0.1, 0.15) is 5.75 Å². The molecule has 6 nitrogen and oxygen atoms in total. The molecule has 0 aliphatic heterocycles. The third kappa shape index (κ3) is 4.74. The van der Waals surface area contributed by atoms with Crippen LogP contribution < -0.4 is 4.74 Å². The van der Waals surface area contributed by atoms with Crippen LogP contribution in [0.4, 0.5) is 5.69 Å². The Balaban J connectivity index is 1.63. The molecule has 7 heteroatoms. The number of nitro benzene ring substituents is 1. The standard InChI is InChI=1S/C20H13NO5S/c22-19(12-11-18-2-1-13-27-18)14-5-9-17(10-6-14)26-20(23)15-3-7-16(8-4-15)21(24)25/h1-13H. The number of thiophene rings is 1. The lowest BCUT2D eigenvalue weighted by atomic mass is 10.1. The summed E-state index contributed by atoms with van der Waals surface area (Å²) in [4.78, 5) is 35.3. The summed E-state index contributed by atoms with van der Waals surface area (Å²) in [6.07, 6.45) is 3.24. The molecule has 2 aromatic carbocycles. The summed E-state index contributed by atoms with van der Waals surface area (Å²) < 4.78 is 5.22. The van der Waals surface area contributed by atoms with Gasteiger partial charge in [0.15, 0.2) is 5.78 Å². The van der Waals surface area contributed by atoms with Crippen molar-refractivity contribution in [3.63, 3.8) is 0 Å². The van der Waals surface area contributed by atoms with Gasteiger partial charge >= 0.3 is 5.97 Å². The van der Waals surface area contributed by atoms with E-state index in [0.29, 0.717) is 5.56 Å². The van der Waals surface area contributed by atoms with Crippen LogP contribution in [0.15, 0.2) is 72.1 Å². The lowest BCUT2D eigenvalue weighted by molar-refractivity contribution is -0.384. The maximum Gasteiger partial charge on any atom is 0.343 e. The number of ketones is 1. The van der Waals surface area contributed by atoms with Crippen LogP contribution in [0.3, 0.4) is 0 Å². The highest BCUT2D eigenvalue weighted by atomic mass is 32.1. The van der Waals surface area contributed by atoms with Crippen molar-refractivity contribution < 1.29 is 19.2 Å². The van der Waals surface area contributed by atoms with Gasteiger partial charge in [0.25, 0.3) is 5.69 Å². The second-order valence-corrected chi connectivity index (χ2v) is 6.41. The Morgan fingerprint density at radius 3 is 2.22 bits per heavy atom. The lowest BCUT2D eigenvalue weighted by Gasteiger charge is -2.05. The van der Waals surface area contributed by atoms with Gasteiger partial charge in [-0.15, -0.1) is 11.3 Å². The van der Waals surface area contributed by atoms with Crippen LogP contribution in [-0.4, -0.2) is 16.7 Å². The molecule has 0 atom stereocenters. The number of benzene rings is 2. The van der Waals surface area contributed by atoms with E-state index in [9.17, 15) is 19.7 Å². The number of nitrogens with zero attached hydrogens (tertiary/aromatic N) is 1. The average molecular weight is 379 g/mol. The first-order valence-corrected chi connectivity index (χ1v) is 8.73. The van der Waals surface area contributed by atoms with Crippen molar-refractivity contribution in [1.82, 2.24) is 0 Å². The molecule has 27 heavy (non-hydrogen) atoms. The topological polar surface area (TPSA) is 86.5 Å². The zero-order chi connectivity index (χ0) is 19.2. The highest BCUT2D eigenvalue weighted by molar-refractivity contribution is 7.10. The minimum absolute atomic E-state index is 0.106. The Bertz CT molecular complexity index is 990. The molecule has 3 rings (SSSR count). The number of rotatable bonds is 6. The Kier molecular flexibility index (Phi) is 5.53. The molecule has 1 heterocycles. The van der Waals surface area contributed by atoms with Crippen LogP contribution >= 0.6 is 11.3 Å². The second-order valence-electron chi connectivity index (χ2n) is 5.43. The predicted molar refractivity (Wildman–Crippen MR) is 102 cm³/mol. The molecule has 1 aromatic heterocycles. The van der Waals surface area contributed by atoms with Crippen LogP contribution in [0, 0.1) is 10.1 Å². The van der Waals surface area contributed by atoms with E-state index in [1.807, 2.05) is 17.5 Å². The van der Waals surface area contributed by atoms with E-state index < -0.39 is 10.9 Å². The molecule has 0 fully saturated rings. The number of esters is 1. The van der Waals surface area contributed by atoms with Crippen molar-refractivity contribution in [2.45, 2.75) is 0 Å². The van der Waals surface area contributed by atoms with Crippen molar-refractivity contribution in [3.8, 4) is 5.75 Å². The number of allylic oxidation sites excluding steroid dienone is 1. The number of nitro groups is 1. The van der Waals surface area contributed by atoms with E-state index in [4.69, 9.17) is 4.74 Å². The Hall–Kier alpha value is -3.58. The molecule has 0 aliphatic rings. The predicted octanol–water partition coefficient (Wildman–Crippen LogP) is 4.77. The van der Waals surface area contributed by atoms with Crippen LogP contribution in [0.1, 0.15) is 25.6 Å². The van der Waals surface area contributed by atoms with Crippen molar-refractivity contribution in [2.75, 3.05) is 0 Å². The first-order valence-electron chi connectivity index (χ1n) is 7.85. The van der Waals surface area contributed by atoms with Gasteiger partial charge in [-0.05, 0) is 60.0 Å². The molecule has 0 unspecified atom stereocenters. The highest BCUT2D eigenvalue weighted by Gasteiger charge is 2.12. The molecule has 134 valence electrons. The third-order valence-electron chi connectivity index (χ3n) is 3.61. The van der Waals surface area contributed by atoms with Crippen LogP contribution in [0.25, 0.3) is 6.08 Å². The van der Waals surface area contributed by atoms with Gasteiger partial charge in [-0.25, -0.2) is 4.79 Å². The van der Waals surface area contributed by atoms with E-state index in [1.165, 1.54) is 53.8 Å². The number of non-ortho nitro benzene ring substituents is 1. The van der Waals surface area contributed by atoms with Gasteiger partial charge in [0.2, 0.25) is 0 Å². The molecule has 0 amide bonds. The largest absolute Gasteiger partial charge is 0.423 e. The van der Waals surface area contributed by atoms with E-state index in [1.54, 1.807) is 18.2 Å². The Morgan fingerprint density at radius 1 is 0.963 bits per heavy atom. The number of hydrogen-bond donors (Lipinski definition) is 0. The maximum absolute atomic E-state index is 12.1. The molecular formula is C20H13NO5S. The Morgan fingerprint density at radius 2 is 1.63 bits per heavy atom. The van der Waals surface area contributed by atoms with Gasteiger partial charge in [-0.3, -0.25) is 14.9 Å². The van der Waals surface area contributed by atoms with Crippen molar-refractivity contribution in [2.24, 2.45) is 0 Å². The average Bonchev–Trinajstić information content (AvgIpc) is 3.20. The normalized spacial score (nSPS) is 10.7. The Labute approximate surface area is 158 Å². The fourth-order valence-electron chi connectivity index (χ4n) is 2.21. The van der Waals surface area contributed by atoms with Gasteiger partial charge < -0.3 is 4.74 Å². The maximum atomic E-state index is 12.1. The SMILES string of the molecule is O=C(C=Cc1cccs1)c1ccc(OC(=O)c2ccc([N+](=O)[O-])cc2)cc1. The minimum atomic E-state index is -0.637. The lowest BCUT2D eigenvalue weighted by Crippen LogP contribution is -2.08. The summed E-state index contributed by atoms with van der Waals surface area (Å²) >= 11 is 1.54. The van der Waals surface area contributed by atoms with Crippen LogP contribution in [0.5, 0.6) is 5.75 Å². The zero-order valence-corrected chi connectivity index (χ0v) is 14.7. The number of carbonyl (C=O) groups is 2. The minimum Gasteiger partial charge on any atom is -0.423 e. The third-order valence-corrected chi connectivity index (χ3v) is 4.44. The first kappa shape index (κ1) is 18.2. The summed E-state index contributed by atoms with van der Waals surface area (Å²) in [6, 6.07) is 15.1. The molecule has 0 saturated carbocycles. The molecular weight excluding hydrogens is 366 g/mol. The smallest absolute Gasteiger partial charge is 0.343 e. The van der Waals surface area contributed by atoms with Crippen molar-refractivity contribution in [1.29, 1.82) is 0 Å². The quantitative estimate of drug-likeness (QED) is 0.154. The highest BCUT2D eigenvalue weighted by Crippen LogP contribution is 2.18. The van der Waals surface area contributed by atoms with Gasteiger partial charge in [-0.2, -0.15) is 0 Å². The van der Waals surface area contributed by atoms with Gasteiger partial charge in [0.05, 0.1) is 10.5 Å². The van der Waals surface area contributed by atoms with Crippen molar-refractivity contribution in [3.05, 3.63) is 98.2 Å². The van der Waals surface area contributed by atoms with Crippen molar-refractivity contribution >= 4 is 34.9 Å². The van der Waals surface area contributed by atoms with E-state index in [2.05, 4.69) is 0 Å². The first-order chi connectivity index (χ1) is 13.0. The summed E-state index contributed by atoms with van der Waals surface area (Å²) in [5, 5.41) is 12.6. The number of carbonyl (C=O) groups excluding carboxylic acids is 2. The summed E-state index contributed by atoms with van der Waals surface area (Å²) in [7, 11) is 0. The van der Waals surface area contributed by atoms with E-state index in [0.717, 1.165) is 4.88 Å². The fraction of sp³-hybridized carbons (Fsp3) is 0. The van der Waals surface area contributed by atoms with Gasteiger partial charge in [-0.1, -0.05) is 6.07 Å². The monoisotopic (exact) mass is 379 g/mol. The van der Waals surface area contributed by atoms with Crippen LogP contribution in [-0.2, 0) is 0 Å². The zero-order valence-electron chi connectivity index (χ0n) is 13.9. The van der Waals surface area contributed by atoms with E-state index >= 15 is 0 Å². The molecule has 3 aromatic rings. The molecule has 0 N–H and O–H groups in total. The molecule has 0 radical (unpaired) electrons. The van der Waals surface area contributed by atoms with Crippen LogP contribution in [0.2, 0.25) is 0 Å².